The Morgan fingerprint density at radius 2 is 2.03 bits per heavy atom. The number of aromatic nitrogens is 2. The number of aromatic amines is 1. The highest BCUT2D eigenvalue weighted by Crippen LogP contribution is 2.35. The van der Waals surface area contributed by atoms with Gasteiger partial charge in [-0.05, 0) is 42.5 Å². The number of benzene rings is 2. The van der Waals surface area contributed by atoms with Crippen molar-refractivity contribution >= 4 is 23.7 Å². The maximum atomic E-state index is 13.1. The molecular weight excluding hydrogens is 403 g/mol. The molecule has 0 saturated heterocycles. The number of phenolic OH excluding ortho intramolecular Hbond substituents is 1. The first-order chi connectivity index (χ1) is 13.9. The van der Waals surface area contributed by atoms with Crippen molar-refractivity contribution in [3.8, 4) is 22.8 Å². The van der Waals surface area contributed by atoms with Gasteiger partial charge in [-0.25, -0.2) is 14.6 Å². The number of H-pyrrole nitrogens is 1. The first-order valence-electron chi connectivity index (χ1n) is 8.15. The van der Waals surface area contributed by atoms with Crippen LogP contribution in [0.2, 0.25) is 5.02 Å². The lowest BCUT2D eigenvalue weighted by molar-refractivity contribution is 0.0949. The predicted molar refractivity (Wildman–Crippen MR) is 105 cm³/mol. The van der Waals surface area contributed by atoms with Gasteiger partial charge >= 0.3 is 5.69 Å². The van der Waals surface area contributed by atoms with Gasteiger partial charge < -0.3 is 14.8 Å². The number of nitrogens with zero attached hydrogens (tertiary/aromatic N) is 2. The number of hydrogen-bond donors (Lipinski definition) is 3. The van der Waals surface area contributed by atoms with E-state index < -0.39 is 17.4 Å². The van der Waals surface area contributed by atoms with Crippen molar-refractivity contribution in [3.63, 3.8) is 0 Å². The normalized spacial score (nSPS) is 10.9. The molecule has 3 rings (SSSR count). The molecule has 0 bridgehead atoms. The molecule has 1 heterocycles. The molecule has 1 amide bonds. The molecule has 0 aliphatic carbocycles. The number of hydrazone groups is 1. The lowest BCUT2D eigenvalue weighted by Gasteiger charge is -2.06. The summed E-state index contributed by atoms with van der Waals surface area (Å²) in [4.78, 5) is 30.1. The summed E-state index contributed by atoms with van der Waals surface area (Å²) < 4.78 is 18.0. The second-order valence-electron chi connectivity index (χ2n) is 5.71. The van der Waals surface area contributed by atoms with Gasteiger partial charge in [0.15, 0.2) is 11.5 Å². The molecule has 3 aromatic rings. The molecule has 1 aromatic heterocycles. The third-order valence-electron chi connectivity index (χ3n) is 3.83. The summed E-state index contributed by atoms with van der Waals surface area (Å²) in [5, 5.41) is 13.6. The maximum absolute atomic E-state index is 13.1. The van der Waals surface area contributed by atoms with Gasteiger partial charge in [0.05, 0.1) is 24.0 Å². The lowest BCUT2D eigenvalue weighted by Crippen LogP contribution is -2.24. The zero-order chi connectivity index (χ0) is 21.0. The second-order valence-corrected chi connectivity index (χ2v) is 6.09. The standard InChI is InChI=1S/C19H14ClFN4O4/c1-29-15-7-4-11(16(20)17(15)26)9-22-25-18(27)14-8-13(23-19(28)24-14)10-2-5-12(21)6-3-10/h2-9,26H,1H3,(H,25,27)(H,23,24,28)/b22-9+. The molecule has 148 valence electrons. The minimum atomic E-state index is -0.746. The number of carbonyl (C=O) groups is 1. The SMILES string of the molecule is COc1ccc(/C=N/NC(=O)c2cc(-c3ccc(F)cc3)nc(=O)[nH]2)c(Cl)c1O. The Morgan fingerprint density at radius 1 is 1.31 bits per heavy atom. The van der Waals surface area contributed by atoms with Gasteiger partial charge in [-0.1, -0.05) is 11.6 Å². The van der Waals surface area contributed by atoms with E-state index in [4.69, 9.17) is 16.3 Å². The number of amides is 1. The molecule has 0 spiro atoms. The molecule has 0 aliphatic heterocycles. The van der Waals surface area contributed by atoms with Gasteiger partial charge in [-0.15, -0.1) is 0 Å². The molecule has 0 atom stereocenters. The Morgan fingerprint density at radius 3 is 2.72 bits per heavy atom. The number of hydrogen-bond acceptors (Lipinski definition) is 6. The van der Waals surface area contributed by atoms with E-state index >= 15 is 0 Å². The first kappa shape index (κ1) is 20.0. The van der Waals surface area contributed by atoms with Crippen LogP contribution in [0.1, 0.15) is 16.1 Å². The molecule has 2 aromatic carbocycles. The van der Waals surface area contributed by atoms with Crippen LogP contribution in [-0.2, 0) is 0 Å². The Hall–Kier alpha value is -3.72. The highest BCUT2D eigenvalue weighted by atomic mass is 35.5. The molecule has 3 N–H and O–H groups in total. The van der Waals surface area contributed by atoms with E-state index in [0.29, 0.717) is 11.1 Å². The van der Waals surface area contributed by atoms with E-state index in [2.05, 4.69) is 20.5 Å². The summed E-state index contributed by atoms with van der Waals surface area (Å²) in [5.41, 5.74) is 2.40. The second kappa shape index (κ2) is 8.53. The highest BCUT2D eigenvalue weighted by molar-refractivity contribution is 6.34. The minimum Gasteiger partial charge on any atom is -0.503 e. The average molecular weight is 417 g/mol. The van der Waals surface area contributed by atoms with E-state index in [-0.39, 0.29) is 27.9 Å². The molecular formula is C19H14ClFN4O4. The number of aromatic hydroxyl groups is 1. The van der Waals surface area contributed by atoms with E-state index in [0.717, 1.165) is 0 Å². The van der Waals surface area contributed by atoms with Crippen molar-refractivity contribution in [2.75, 3.05) is 7.11 Å². The summed E-state index contributed by atoms with van der Waals surface area (Å²) in [6.07, 6.45) is 1.22. The van der Waals surface area contributed by atoms with Gasteiger partial charge in [0.25, 0.3) is 5.91 Å². The largest absolute Gasteiger partial charge is 0.503 e. The Labute approximate surface area is 168 Å². The molecule has 0 fully saturated rings. The number of carbonyl (C=O) groups excluding carboxylic acids is 1. The fourth-order valence-electron chi connectivity index (χ4n) is 2.40. The third-order valence-corrected chi connectivity index (χ3v) is 4.23. The zero-order valence-electron chi connectivity index (χ0n) is 14.9. The fourth-order valence-corrected chi connectivity index (χ4v) is 2.60. The smallest absolute Gasteiger partial charge is 0.346 e. The van der Waals surface area contributed by atoms with Gasteiger partial charge in [0.1, 0.15) is 11.5 Å². The van der Waals surface area contributed by atoms with Crippen LogP contribution < -0.4 is 15.9 Å². The number of ether oxygens (including phenoxy) is 1. The molecule has 8 nitrogen and oxygen atoms in total. The zero-order valence-corrected chi connectivity index (χ0v) is 15.7. The molecule has 29 heavy (non-hydrogen) atoms. The Balaban J connectivity index is 1.79. The van der Waals surface area contributed by atoms with Crippen molar-refractivity contribution < 1.29 is 19.0 Å². The van der Waals surface area contributed by atoms with Crippen LogP contribution in [0.3, 0.4) is 0 Å². The van der Waals surface area contributed by atoms with Gasteiger partial charge in [0, 0.05) is 11.1 Å². The summed E-state index contributed by atoms with van der Waals surface area (Å²) in [6.45, 7) is 0. The van der Waals surface area contributed by atoms with E-state index in [1.165, 1.54) is 55.8 Å². The van der Waals surface area contributed by atoms with Gasteiger partial charge in [0.2, 0.25) is 0 Å². The van der Waals surface area contributed by atoms with E-state index in [1.807, 2.05) is 0 Å². The molecule has 10 heteroatoms. The lowest BCUT2D eigenvalue weighted by atomic mass is 10.1. The van der Waals surface area contributed by atoms with E-state index in [1.54, 1.807) is 0 Å². The summed E-state index contributed by atoms with van der Waals surface area (Å²) in [5.74, 6) is -1.21. The van der Waals surface area contributed by atoms with Crippen molar-refractivity contribution in [3.05, 3.63) is 75.0 Å². The van der Waals surface area contributed by atoms with Crippen LogP contribution in [-0.4, -0.2) is 34.3 Å². The summed E-state index contributed by atoms with van der Waals surface area (Å²) in [7, 11) is 1.38. The van der Waals surface area contributed by atoms with Gasteiger partial charge in [-0.3, -0.25) is 4.79 Å². The summed E-state index contributed by atoms with van der Waals surface area (Å²) >= 11 is 6.01. The van der Waals surface area contributed by atoms with Crippen LogP contribution in [0.4, 0.5) is 4.39 Å². The number of nitrogens with one attached hydrogen (secondary N) is 2. The Bertz CT molecular complexity index is 1150. The maximum Gasteiger partial charge on any atom is 0.346 e. The van der Waals surface area contributed by atoms with Crippen LogP contribution in [0.5, 0.6) is 11.5 Å². The fraction of sp³-hybridized carbons (Fsp3) is 0.0526. The predicted octanol–water partition coefficient (Wildman–Crippen LogP) is 2.71. The summed E-state index contributed by atoms with van der Waals surface area (Å²) in [6, 6.07) is 9.68. The number of rotatable bonds is 5. The van der Waals surface area contributed by atoms with Crippen LogP contribution in [0.25, 0.3) is 11.3 Å². The van der Waals surface area contributed by atoms with Crippen LogP contribution in [0, 0.1) is 5.82 Å². The molecule has 0 aliphatic rings. The monoisotopic (exact) mass is 416 g/mol. The number of methoxy groups -OCH3 is 1. The van der Waals surface area contributed by atoms with Gasteiger partial charge in [-0.2, -0.15) is 10.1 Å². The highest BCUT2D eigenvalue weighted by Gasteiger charge is 2.12. The Kier molecular flexibility index (Phi) is 5.89. The number of halogens is 2. The molecule has 0 radical (unpaired) electrons. The minimum absolute atomic E-state index is 0.00161. The van der Waals surface area contributed by atoms with Crippen molar-refractivity contribution in [1.82, 2.24) is 15.4 Å². The first-order valence-corrected chi connectivity index (χ1v) is 8.53. The van der Waals surface area contributed by atoms with Crippen molar-refractivity contribution in [1.29, 1.82) is 0 Å². The van der Waals surface area contributed by atoms with Crippen LogP contribution in [0.15, 0.2) is 52.4 Å². The molecule has 0 unspecified atom stereocenters. The topological polar surface area (TPSA) is 117 Å². The van der Waals surface area contributed by atoms with Crippen LogP contribution >= 0.6 is 11.6 Å². The number of phenols is 1. The quantitative estimate of drug-likeness (QED) is 0.436. The van der Waals surface area contributed by atoms with Crippen molar-refractivity contribution in [2.24, 2.45) is 5.10 Å². The average Bonchev–Trinajstić information content (AvgIpc) is 2.71. The molecule has 0 saturated carbocycles. The van der Waals surface area contributed by atoms with E-state index in [9.17, 15) is 19.1 Å². The van der Waals surface area contributed by atoms with Crippen molar-refractivity contribution in [2.45, 2.75) is 0 Å². The third kappa shape index (κ3) is 4.58.